The molecule has 1 atom stereocenters. The summed E-state index contributed by atoms with van der Waals surface area (Å²) in [7, 11) is 0. The predicted molar refractivity (Wildman–Crippen MR) is 154 cm³/mol. The monoisotopic (exact) mass is 473 g/mol. The maximum atomic E-state index is 5.13. The fourth-order valence-corrected chi connectivity index (χ4v) is 5.87. The van der Waals surface area contributed by atoms with Gasteiger partial charge in [0.1, 0.15) is 5.84 Å². The number of aromatic nitrogens is 1. The molecular formula is C34H23N3. The van der Waals surface area contributed by atoms with E-state index in [1.54, 1.807) is 0 Å². The Kier molecular flexibility index (Phi) is 4.29. The Morgan fingerprint density at radius 3 is 2.05 bits per heavy atom. The van der Waals surface area contributed by atoms with Crippen molar-refractivity contribution < 1.29 is 0 Å². The van der Waals surface area contributed by atoms with E-state index >= 15 is 0 Å². The van der Waals surface area contributed by atoms with Crippen molar-refractivity contribution in [3.05, 3.63) is 144 Å². The Morgan fingerprint density at radius 2 is 1.24 bits per heavy atom. The van der Waals surface area contributed by atoms with E-state index in [4.69, 9.17) is 4.99 Å². The average Bonchev–Trinajstić information content (AvgIpc) is 3.50. The molecular weight excluding hydrogens is 450 g/mol. The van der Waals surface area contributed by atoms with Crippen molar-refractivity contribution in [1.82, 2.24) is 9.72 Å². The fraction of sp³-hybridized carbons (Fsp3) is 0.0294. The smallest absolute Gasteiger partial charge is 0.134 e. The van der Waals surface area contributed by atoms with Crippen molar-refractivity contribution in [2.24, 2.45) is 4.99 Å². The number of para-hydroxylation sites is 2. The molecule has 1 unspecified atom stereocenters. The van der Waals surface area contributed by atoms with Crippen molar-refractivity contribution >= 4 is 49.6 Å². The summed E-state index contributed by atoms with van der Waals surface area (Å²) in [5, 5.41) is 8.83. The van der Waals surface area contributed by atoms with E-state index in [1.807, 2.05) is 6.07 Å². The zero-order valence-electron chi connectivity index (χ0n) is 20.1. The van der Waals surface area contributed by atoms with Gasteiger partial charge in [0.05, 0.1) is 28.3 Å². The number of rotatable bonds is 3. The molecule has 3 nitrogen and oxygen atoms in total. The van der Waals surface area contributed by atoms with Crippen molar-refractivity contribution in [2.75, 3.05) is 0 Å². The van der Waals surface area contributed by atoms with Gasteiger partial charge in [0.25, 0.3) is 0 Å². The molecule has 2 aromatic heterocycles. The standard InChI is InChI=1S/C34H23N3/c1-3-10-22(11-4-1)29-21-30(36-34(35-29)23-12-5-2-6-13-23)24-18-19-26-28-16-9-15-27-25-14-7-8-17-31(25)37(33(27)28)32(26)20-24/h1-21,29H,(H,35,36). The molecule has 1 aliphatic rings. The van der Waals surface area contributed by atoms with Crippen LogP contribution in [-0.4, -0.2) is 10.2 Å². The van der Waals surface area contributed by atoms with Gasteiger partial charge >= 0.3 is 0 Å². The molecule has 1 N–H and O–H groups in total. The minimum Gasteiger partial charge on any atom is -0.359 e. The van der Waals surface area contributed by atoms with Crippen LogP contribution < -0.4 is 5.32 Å². The highest BCUT2D eigenvalue weighted by atomic mass is 15.0. The fourth-order valence-electron chi connectivity index (χ4n) is 5.87. The van der Waals surface area contributed by atoms with Crippen LogP contribution in [0.25, 0.3) is 43.8 Å². The topological polar surface area (TPSA) is 28.8 Å². The third kappa shape index (κ3) is 3.04. The zero-order valence-corrected chi connectivity index (χ0v) is 20.1. The number of hydrogen-bond donors (Lipinski definition) is 1. The number of hydrogen-bond acceptors (Lipinski definition) is 2. The first-order valence-corrected chi connectivity index (χ1v) is 12.7. The van der Waals surface area contributed by atoms with Gasteiger partial charge in [-0.15, -0.1) is 0 Å². The summed E-state index contributed by atoms with van der Waals surface area (Å²) in [4.78, 5) is 5.13. The van der Waals surface area contributed by atoms with Crippen molar-refractivity contribution in [3.63, 3.8) is 0 Å². The van der Waals surface area contributed by atoms with Crippen LogP contribution in [0, 0.1) is 0 Å². The molecule has 0 saturated carbocycles. The maximum absolute atomic E-state index is 5.13. The maximum Gasteiger partial charge on any atom is 0.134 e. The van der Waals surface area contributed by atoms with Crippen LogP contribution >= 0.6 is 0 Å². The molecule has 1 aliphatic heterocycles. The lowest BCUT2D eigenvalue weighted by Crippen LogP contribution is -2.31. The molecule has 174 valence electrons. The molecule has 37 heavy (non-hydrogen) atoms. The third-order valence-electron chi connectivity index (χ3n) is 7.57. The lowest BCUT2D eigenvalue weighted by Gasteiger charge is -2.24. The number of amidine groups is 1. The lowest BCUT2D eigenvalue weighted by atomic mass is 9.99. The highest BCUT2D eigenvalue weighted by Crippen LogP contribution is 2.40. The van der Waals surface area contributed by atoms with Crippen LogP contribution in [0.5, 0.6) is 0 Å². The Balaban J connectivity index is 1.37. The van der Waals surface area contributed by atoms with Gasteiger partial charge in [0, 0.05) is 32.7 Å². The molecule has 0 aliphatic carbocycles. The van der Waals surface area contributed by atoms with Crippen LogP contribution in [-0.2, 0) is 0 Å². The molecule has 0 amide bonds. The molecule has 3 heteroatoms. The SMILES string of the molecule is C1=C(c2ccc3c4cccc5c6ccccc6n(c3c2)c54)N=C(c2ccccc2)NC1c1ccccc1. The van der Waals surface area contributed by atoms with Gasteiger partial charge < -0.3 is 9.72 Å². The second kappa shape index (κ2) is 7.81. The Morgan fingerprint density at radius 1 is 0.568 bits per heavy atom. The number of nitrogens with one attached hydrogen (secondary N) is 1. The summed E-state index contributed by atoms with van der Waals surface area (Å²) in [5.74, 6) is 0.893. The van der Waals surface area contributed by atoms with Crippen molar-refractivity contribution in [3.8, 4) is 0 Å². The van der Waals surface area contributed by atoms with E-state index in [0.29, 0.717) is 0 Å². The van der Waals surface area contributed by atoms with E-state index in [0.717, 1.165) is 22.7 Å². The van der Waals surface area contributed by atoms with Gasteiger partial charge in [-0.3, -0.25) is 0 Å². The number of benzene rings is 5. The molecule has 0 fully saturated rings. The first-order chi connectivity index (χ1) is 18.3. The molecule has 5 aromatic carbocycles. The lowest BCUT2D eigenvalue weighted by molar-refractivity contribution is 0.781. The summed E-state index contributed by atoms with van der Waals surface area (Å²) in [6, 6.07) is 43.1. The van der Waals surface area contributed by atoms with Gasteiger partial charge in [-0.1, -0.05) is 109 Å². The Hall–Kier alpha value is -4.89. The average molecular weight is 474 g/mol. The summed E-state index contributed by atoms with van der Waals surface area (Å²) in [6.45, 7) is 0. The highest BCUT2D eigenvalue weighted by molar-refractivity contribution is 6.23. The van der Waals surface area contributed by atoms with Gasteiger partial charge in [0.15, 0.2) is 0 Å². The number of nitrogens with zero attached hydrogens (tertiary/aromatic N) is 2. The first-order valence-electron chi connectivity index (χ1n) is 12.7. The van der Waals surface area contributed by atoms with Gasteiger partial charge in [0.2, 0.25) is 0 Å². The summed E-state index contributed by atoms with van der Waals surface area (Å²) in [5.41, 5.74) is 8.17. The molecule has 0 bridgehead atoms. The molecule has 0 spiro atoms. The third-order valence-corrected chi connectivity index (χ3v) is 7.57. The van der Waals surface area contributed by atoms with E-state index in [-0.39, 0.29) is 6.04 Å². The normalized spacial score (nSPS) is 15.8. The van der Waals surface area contributed by atoms with Crippen LogP contribution in [0.15, 0.2) is 132 Å². The van der Waals surface area contributed by atoms with Gasteiger partial charge in [-0.2, -0.15) is 0 Å². The molecule has 7 aromatic rings. The number of aliphatic imine (C=N–C) groups is 1. The Bertz CT molecular complexity index is 2000. The van der Waals surface area contributed by atoms with E-state index in [2.05, 4.69) is 131 Å². The van der Waals surface area contributed by atoms with Gasteiger partial charge in [-0.25, -0.2) is 4.99 Å². The van der Waals surface area contributed by atoms with Gasteiger partial charge in [-0.05, 0) is 23.8 Å². The van der Waals surface area contributed by atoms with Crippen LogP contribution in [0.4, 0.5) is 0 Å². The quantitative estimate of drug-likeness (QED) is 0.277. The van der Waals surface area contributed by atoms with E-state index < -0.39 is 0 Å². The Labute approximate surface area is 214 Å². The zero-order chi connectivity index (χ0) is 24.3. The molecule has 0 radical (unpaired) electrons. The molecule has 8 rings (SSSR count). The summed E-state index contributed by atoms with van der Waals surface area (Å²) < 4.78 is 2.43. The molecule has 3 heterocycles. The van der Waals surface area contributed by atoms with Crippen LogP contribution in [0.1, 0.15) is 22.7 Å². The first kappa shape index (κ1) is 20.3. The summed E-state index contributed by atoms with van der Waals surface area (Å²) in [6.07, 6.45) is 2.24. The highest BCUT2D eigenvalue weighted by Gasteiger charge is 2.21. The van der Waals surface area contributed by atoms with Crippen LogP contribution in [0.3, 0.4) is 0 Å². The van der Waals surface area contributed by atoms with E-state index in [1.165, 1.54) is 43.7 Å². The largest absolute Gasteiger partial charge is 0.359 e. The van der Waals surface area contributed by atoms with Crippen molar-refractivity contribution in [1.29, 1.82) is 0 Å². The van der Waals surface area contributed by atoms with E-state index in [9.17, 15) is 0 Å². The predicted octanol–water partition coefficient (Wildman–Crippen LogP) is 7.97. The minimum absolute atomic E-state index is 0.0356. The minimum atomic E-state index is 0.0356. The van der Waals surface area contributed by atoms with Crippen LogP contribution in [0.2, 0.25) is 0 Å². The van der Waals surface area contributed by atoms with Crippen molar-refractivity contribution in [2.45, 2.75) is 6.04 Å². The second-order valence-electron chi connectivity index (χ2n) is 9.70. The summed E-state index contributed by atoms with van der Waals surface area (Å²) >= 11 is 0. The number of fused-ring (bicyclic) bond motifs is 6. The molecule has 0 saturated heterocycles. The second-order valence-corrected chi connectivity index (χ2v) is 9.70.